The van der Waals surface area contributed by atoms with Gasteiger partial charge in [0.15, 0.2) is 5.78 Å². The van der Waals surface area contributed by atoms with Crippen molar-refractivity contribution in [2.75, 3.05) is 16.8 Å². The Hall–Kier alpha value is -5.20. The molecule has 0 heterocycles. The molecular weight excluding hydrogens is 580 g/mol. The average Bonchev–Trinajstić information content (AvgIpc) is 2.91. The molecule has 0 fully saturated rings. The third-order valence-corrected chi connectivity index (χ3v) is 6.75. The molecule has 0 saturated carbocycles. The average molecular weight is 604 g/mol. The number of hydrogen-bond donors (Lipinski definition) is 5. The third-order valence-electron chi connectivity index (χ3n) is 6.75. The molecule has 1 amide bonds. The van der Waals surface area contributed by atoms with E-state index in [0.717, 1.165) is 0 Å². The number of benzene rings is 4. The molecule has 0 radical (unpaired) electrons. The van der Waals surface area contributed by atoms with Crippen molar-refractivity contribution < 1.29 is 46.1 Å². The van der Waals surface area contributed by atoms with E-state index >= 15 is 0 Å². The topological polar surface area (TPSA) is 139 Å². The fraction of sp³-hybridized carbons (Fsp3) is 0.133. The zero-order chi connectivity index (χ0) is 31.7. The van der Waals surface area contributed by atoms with E-state index in [1.807, 2.05) is 0 Å². The first-order valence-electron chi connectivity index (χ1n) is 12.4. The van der Waals surface area contributed by atoms with E-state index in [2.05, 4.69) is 5.32 Å². The summed E-state index contributed by atoms with van der Waals surface area (Å²) >= 11 is 0. The summed E-state index contributed by atoms with van der Waals surface area (Å²) < 4.78 is 88.9. The number of phenols is 2. The zero-order valence-corrected chi connectivity index (χ0v) is 21.9. The minimum atomic E-state index is -6.04. The van der Waals surface area contributed by atoms with Crippen molar-refractivity contribution >= 4 is 28.8 Å². The molecule has 0 aromatic heterocycles. The maximum Gasteiger partial charge on any atom is 0.411 e. The molecule has 0 saturated heterocycles. The zero-order valence-electron chi connectivity index (χ0n) is 21.9. The largest absolute Gasteiger partial charge is 0.508 e. The van der Waals surface area contributed by atoms with Gasteiger partial charge in [-0.2, -0.15) is 26.3 Å². The lowest BCUT2D eigenvalue weighted by Crippen LogP contribution is -2.54. The molecular formula is C30H23F6N3O4. The second kappa shape index (κ2) is 11.2. The molecule has 0 bridgehead atoms. The van der Waals surface area contributed by atoms with Crippen LogP contribution in [0, 0.1) is 0 Å². The number of rotatable bonds is 7. The molecule has 4 aromatic carbocycles. The molecule has 7 N–H and O–H groups in total. The second-order valence-corrected chi connectivity index (χ2v) is 9.63. The molecule has 0 aliphatic rings. The van der Waals surface area contributed by atoms with Crippen LogP contribution in [0.2, 0.25) is 0 Å². The lowest BCUT2D eigenvalue weighted by Gasteiger charge is -2.38. The van der Waals surface area contributed by atoms with E-state index in [0.29, 0.717) is 36.4 Å². The van der Waals surface area contributed by atoms with Gasteiger partial charge in [0, 0.05) is 34.5 Å². The maximum absolute atomic E-state index is 14.8. The van der Waals surface area contributed by atoms with Gasteiger partial charge in [0.25, 0.3) is 5.91 Å². The van der Waals surface area contributed by atoms with E-state index in [1.165, 1.54) is 48.5 Å². The van der Waals surface area contributed by atoms with Crippen LogP contribution in [0.4, 0.5) is 43.4 Å². The minimum Gasteiger partial charge on any atom is -0.508 e. The summed E-state index contributed by atoms with van der Waals surface area (Å²) in [4.78, 5) is 25.5. The molecule has 7 nitrogen and oxygen atoms in total. The van der Waals surface area contributed by atoms with E-state index in [9.17, 15) is 46.1 Å². The van der Waals surface area contributed by atoms with Gasteiger partial charge in [0.2, 0.25) is 5.41 Å². The Kier molecular flexibility index (Phi) is 8.03. The van der Waals surface area contributed by atoms with Gasteiger partial charge >= 0.3 is 12.4 Å². The summed E-state index contributed by atoms with van der Waals surface area (Å²) in [5.41, 5.74) is 2.88. The number of Topliss-reactive ketones (excluding diaryl/α,β-unsaturated/α-hetero) is 1. The number of phenolic OH excluding ortho intramolecular Hbond substituents is 2. The van der Waals surface area contributed by atoms with Crippen molar-refractivity contribution in [3.05, 3.63) is 113 Å². The van der Waals surface area contributed by atoms with Gasteiger partial charge in [0.05, 0.1) is 5.69 Å². The Morgan fingerprint density at radius 3 is 1.74 bits per heavy atom. The van der Waals surface area contributed by atoms with Crippen LogP contribution in [-0.4, -0.2) is 34.3 Å². The standard InChI is InChI=1S/C30H23F6N3O4/c31-29(32,33)28(30(34,35)36,19-7-9-24(40)18(11-19)14-26(42)16-3-1-5-21(37)12-16)20-8-10-25(41)23(15-20)39-27(43)17-4-2-6-22(38)13-17/h1-13,15,40-41H,14,37-38H2,(H,39,43). The number of aromatic hydroxyl groups is 2. The van der Waals surface area contributed by atoms with Gasteiger partial charge in [-0.05, 0) is 59.7 Å². The third kappa shape index (κ3) is 5.92. The summed E-state index contributed by atoms with van der Waals surface area (Å²) in [6, 6.07) is 13.8. The van der Waals surface area contributed by atoms with Gasteiger partial charge in [-0.3, -0.25) is 9.59 Å². The van der Waals surface area contributed by atoms with Crippen LogP contribution in [0.1, 0.15) is 37.4 Å². The van der Waals surface area contributed by atoms with E-state index in [1.54, 1.807) is 0 Å². The van der Waals surface area contributed by atoms with Crippen molar-refractivity contribution in [2.24, 2.45) is 0 Å². The number of nitrogens with two attached hydrogens (primary N) is 2. The predicted molar refractivity (Wildman–Crippen MR) is 147 cm³/mol. The smallest absolute Gasteiger partial charge is 0.411 e. The minimum absolute atomic E-state index is 0.0294. The lowest BCUT2D eigenvalue weighted by molar-refractivity contribution is -0.288. The molecule has 0 spiro atoms. The number of alkyl halides is 6. The highest BCUT2D eigenvalue weighted by Gasteiger charge is 2.72. The Morgan fingerprint density at radius 2 is 1.19 bits per heavy atom. The first-order chi connectivity index (χ1) is 20.0. The predicted octanol–water partition coefficient (Wildman–Crippen LogP) is 6.35. The summed E-state index contributed by atoms with van der Waals surface area (Å²) in [5, 5.41) is 22.7. The number of amides is 1. The van der Waals surface area contributed by atoms with Crippen molar-refractivity contribution in [1.82, 2.24) is 0 Å². The Morgan fingerprint density at radius 1 is 0.674 bits per heavy atom. The van der Waals surface area contributed by atoms with Crippen LogP contribution >= 0.6 is 0 Å². The summed E-state index contributed by atoms with van der Waals surface area (Å²) in [5.74, 6) is -3.20. The quantitative estimate of drug-likeness (QED) is 0.0722. The van der Waals surface area contributed by atoms with Gasteiger partial charge < -0.3 is 27.0 Å². The number of halogens is 6. The SMILES string of the molecule is Nc1cccc(C(=O)Cc2cc(C(c3ccc(O)c(NC(=O)c4cccc(N)c4)c3)(C(F)(F)F)C(F)(F)F)ccc2O)c1. The van der Waals surface area contributed by atoms with Gasteiger partial charge in [0.1, 0.15) is 11.5 Å². The fourth-order valence-corrected chi connectivity index (χ4v) is 4.67. The number of carbonyl (C=O) groups is 2. The first kappa shape index (κ1) is 30.8. The van der Waals surface area contributed by atoms with Gasteiger partial charge in [-0.1, -0.05) is 36.4 Å². The highest BCUT2D eigenvalue weighted by molar-refractivity contribution is 6.05. The number of carbonyl (C=O) groups excluding carboxylic acids is 2. The van der Waals surface area contributed by atoms with Gasteiger partial charge in [-0.25, -0.2) is 0 Å². The number of hydrogen-bond acceptors (Lipinski definition) is 6. The van der Waals surface area contributed by atoms with Crippen LogP contribution in [0.25, 0.3) is 0 Å². The molecule has 43 heavy (non-hydrogen) atoms. The lowest BCUT2D eigenvalue weighted by atomic mass is 9.72. The fourth-order valence-electron chi connectivity index (χ4n) is 4.67. The molecule has 4 rings (SSSR count). The van der Waals surface area contributed by atoms with Crippen LogP contribution in [0.5, 0.6) is 11.5 Å². The van der Waals surface area contributed by atoms with Crippen LogP contribution < -0.4 is 16.8 Å². The summed E-state index contributed by atoms with van der Waals surface area (Å²) in [6.07, 6.45) is -12.8. The van der Waals surface area contributed by atoms with Gasteiger partial charge in [-0.15, -0.1) is 0 Å². The Labute approximate surface area is 240 Å². The highest BCUT2D eigenvalue weighted by atomic mass is 19.4. The molecule has 224 valence electrons. The molecule has 0 unspecified atom stereocenters. The number of nitrogen functional groups attached to an aromatic ring is 2. The molecule has 0 aliphatic heterocycles. The van der Waals surface area contributed by atoms with E-state index in [4.69, 9.17) is 11.5 Å². The number of anilines is 3. The van der Waals surface area contributed by atoms with Crippen LogP contribution in [0.3, 0.4) is 0 Å². The molecule has 4 aromatic rings. The second-order valence-electron chi connectivity index (χ2n) is 9.63. The molecule has 0 atom stereocenters. The van der Waals surface area contributed by atoms with Crippen LogP contribution in [0.15, 0.2) is 84.9 Å². The van der Waals surface area contributed by atoms with Crippen molar-refractivity contribution in [3.63, 3.8) is 0 Å². The Bertz CT molecular complexity index is 1580. The number of ketones is 1. The molecule has 0 aliphatic carbocycles. The van der Waals surface area contributed by atoms with Crippen molar-refractivity contribution in [1.29, 1.82) is 0 Å². The normalized spacial score (nSPS) is 12.1. The first-order valence-corrected chi connectivity index (χ1v) is 12.4. The Balaban J connectivity index is 1.86. The monoisotopic (exact) mass is 603 g/mol. The van der Waals surface area contributed by atoms with Crippen molar-refractivity contribution in [3.8, 4) is 11.5 Å². The maximum atomic E-state index is 14.8. The van der Waals surface area contributed by atoms with Crippen LogP contribution in [-0.2, 0) is 11.8 Å². The highest BCUT2D eigenvalue weighted by Crippen LogP contribution is 2.57. The molecule has 13 heteroatoms. The number of nitrogens with one attached hydrogen (secondary N) is 1. The van der Waals surface area contributed by atoms with E-state index in [-0.39, 0.29) is 22.5 Å². The summed E-state index contributed by atoms with van der Waals surface area (Å²) in [7, 11) is 0. The summed E-state index contributed by atoms with van der Waals surface area (Å²) in [6.45, 7) is 0. The van der Waals surface area contributed by atoms with E-state index < -0.39 is 69.8 Å². The van der Waals surface area contributed by atoms with Crippen molar-refractivity contribution in [2.45, 2.75) is 24.2 Å².